The van der Waals surface area contributed by atoms with Gasteiger partial charge in [0.15, 0.2) is 16.6 Å². The summed E-state index contributed by atoms with van der Waals surface area (Å²) < 4.78 is 12.9. The van der Waals surface area contributed by atoms with Crippen LogP contribution in [-0.4, -0.2) is 33.8 Å². The largest absolute Gasteiger partial charge is 0.454 e. The van der Waals surface area contributed by atoms with E-state index in [0.717, 1.165) is 47.8 Å². The number of carbonyl (C=O) groups is 1. The van der Waals surface area contributed by atoms with E-state index in [4.69, 9.17) is 14.5 Å². The summed E-state index contributed by atoms with van der Waals surface area (Å²) in [5.41, 5.74) is 3.75. The summed E-state index contributed by atoms with van der Waals surface area (Å²) in [5.74, 6) is 1.40. The van der Waals surface area contributed by atoms with Crippen LogP contribution in [0.3, 0.4) is 0 Å². The highest BCUT2D eigenvalue weighted by Crippen LogP contribution is 2.41. The van der Waals surface area contributed by atoms with E-state index < -0.39 is 0 Å². The van der Waals surface area contributed by atoms with Crippen molar-refractivity contribution in [3.05, 3.63) is 83.4 Å². The second-order valence-corrected chi connectivity index (χ2v) is 9.16. The Hall–Kier alpha value is -3.85. The van der Waals surface area contributed by atoms with Gasteiger partial charge in [-0.25, -0.2) is 4.98 Å². The lowest BCUT2D eigenvalue weighted by Gasteiger charge is -2.25. The molecule has 34 heavy (non-hydrogen) atoms. The predicted molar refractivity (Wildman–Crippen MR) is 130 cm³/mol. The number of hydrogen-bond acceptors (Lipinski definition) is 7. The maximum absolute atomic E-state index is 13.0. The summed E-state index contributed by atoms with van der Waals surface area (Å²) in [6.07, 6.45) is 7.52. The standard InChI is InChI=1S/C25H23N5O3S/c31-24(21-4-1-11-29(21)14-17-7-9-26-10-8-17)28-25-27-19(15-34-25)20-3-2-12-30(20)18-5-6-22-23(13-18)33-16-32-22/h1,4-11,13,15,20H,2-3,12,14,16H2,(H,27,28,31)/t20-/m1/s1. The lowest BCUT2D eigenvalue weighted by atomic mass is 10.1. The third-order valence-corrected chi connectivity index (χ3v) is 6.96. The molecule has 1 saturated heterocycles. The molecule has 1 aromatic carbocycles. The zero-order valence-corrected chi connectivity index (χ0v) is 19.2. The Bertz CT molecular complexity index is 1320. The van der Waals surface area contributed by atoms with E-state index in [2.05, 4.69) is 21.3 Å². The smallest absolute Gasteiger partial charge is 0.274 e. The SMILES string of the molecule is O=C(Nc1nc([C@H]2CCCN2c2ccc3c(c2)OCO3)cs1)c1cccn1Cc1ccncc1. The van der Waals surface area contributed by atoms with E-state index >= 15 is 0 Å². The number of ether oxygens (including phenoxy) is 2. The first kappa shape index (κ1) is 20.7. The molecule has 0 unspecified atom stereocenters. The van der Waals surface area contributed by atoms with Gasteiger partial charge in [0.1, 0.15) is 5.69 Å². The number of fused-ring (bicyclic) bond motifs is 1. The summed E-state index contributed by atoms with van der Waals surface area (Å²) in [5, 5.41) is 5.63. The molecule has 0 spiro atoms. The highest BCUT2D eigenvalue weighted by atomic mass is 32.1. The molecule has 0 bridgehead atoms. The highest BCUT2D eigenvalue weighted by Gasteiger charge is 2.29. The first-order valence-corrected chi connectivity index (χ1v) is 12.1. The van der Waals surface area contributed by atoms with Crippen LogP contribution in [0, 0.1) is 0 Å². The molecule has 0 aliphatic carbocycles. The van der Waals surface area contributed by atoms with Gasteiger partial charge in [0.25, 0.3) is 5.91 Å². The number of aromatic nitrogens is 3. The molecule has 5 heterocycles. The summed E-state index contributed by atoms with van der Waals surface area (Å²) >= 11 is 1.46. The molecule has 1 amide bonds. The fourth-order valence-corrected chi connectivity index (χ4v) is 5.30. The number of benzene rings is 1. The average molecular weight is 474 g/mol. The Balaban J connectivity index is 1.17. The molecule has 6 rings (SSSR count). The predicted octanol–water partition coefficient (Wildman–Crippen LogP) is 4.71. The van der Waals surface area contributed by atoms with Gasteiger partial charge in [0.2, 0.25) is 6.79 Å². The third-order valence-electron chi connectivity index (χ3n) is 6.19. The number of thiazole rings is 1. The van der Waals surface area contributed by atoms with Gasteiger partial charge in [0, 0.05) is 48.8 Å². The van der Waals surface area contributed by atoms with Gasteiger partial charge in [-0.1, -0.05) is 0 Å². The maximum Gasteiger partial charge on any atom is 0.274 e. The van der Waals surface area contributed by atoms with E-state index in [-0.39, 0.29) is 18.7 Å². The molecule has 8 nitrogen and oxygen atoms in total. The van der Waals surface area contributed by atoms with Crippen LogP contribution in [0.5, 0.6) is 11.5 Å². The molecule has 1 fully saturated rings. The van der Waals surface area contributed by atoms with Crippen LogP contribution in [0.25, 0.3) is 0 Å². The van der Waals surface area contributed by atoms with Crippen LogP contribution in [0.15, 0.2) is 66.4 Å². The van der Waals surface area contributed by atoms with Gasteiger partial charge >= 0.3 is 0 Å². The van der Waals surface area contributed by atoms with Crippen molar-refractivity contribution in [3.8, 4) is 11.5 Å². The quantitative estimate of drug-likeness (QED) is 0.437. The Kier molecular flexibility index (Phi) is 5.38. The Morgan fingerprint density at radius 1 is 1.15 bits per heavy atom. The zero-order chi connectivity index (χ0) is 22.9. The Morgan fingerprint density at radius 3 is 2.94 bits per heavy atom. The van der Waals surface area contributed by atoms with Crippen molar-refractivity contribution in [2.24, 2.45) is 0 Å². The molecule has 172 valence electrons. The van der Waals surface area contributed by atoms with Crippen LogP contribution >= 0.6 is 11.3 Å². The van der Waals surface area contributed by atoms with Crippen molar-refractivity contribution >= 4 is 28.1 Å². The molecule has 0 radical (unpaired) electrons. The first-order valence-electron chi connectivity index (χ1n) is 11.2. The van der Waals surface area contributed by atoms with Crippen molar-refractivity contribution < 1.29 is 14.3 Å². The fourth-order valence-electron chi connectivity index (χ4n) is 4.55. The molecular formula is C25H23N5O3S. The molecule has 3 aromatic heterocycles. The molecule has 1 atom stereocenters. The van der Waals surface area contributed by atoms with Crippen LogP contribution in [0.4, 0.5) is 10.8 Å². The van der Waals surface area contributed by atoms with Crippen molar-refractivity contribution in [1.82, 2.24) is 14.5 Å². The molecule has 9 heteroatoms. The lowest BCUT2D eigenvalue weighted by molar-refractivity contribution is 0.101. The second-order valence-electron chi connectivity index (χ2n) is 8.30. The number of hydrogen-bond donors (Lipinski definition) is 1. The van der Waals surface area contributed by atoms with Crippen molar-refractivity contribution in [3.63, 3.8) is 0 Å². The molecule has 1 N–H and O–H groups in total. The molecule has 4 aromatic rings. The van der Waals surface area contributed by atoms with Gasteiger partial charge in [-0.3, -0.25) is 15.1 Å². The minimum absolute atomic E-state index is 0.165. The molecular weight excluding hydrogens is 450 g/mol. The van der Waals surface area contributed by atoms with E-state index in [1.165, 1.54) is 11.3 Å². The lowest BCUT2D eigenvalue weighted by Crippen LogP contribution is -2.23. The van der Waals surface area contributed by atoms with Crippen molar-refractivity contribution in [2.45, 2.75) is 25.4 Å². The topological polar surface area (TPSA) is 81.5 Å². The zero-order valence-electron chi connectivity index (χ0n) is 18.4. The highest BCUT2D eigenvalue weighted by molar-refractivity contribution is 7.14. The summed E-state index contributed by atoms with van der Waals surface area (Å²) in [4.78, 5) is 24.2. The van der Waals surface area contributed by atoms with E-state index in [9.17, 15) is 4.79 Å². The number of rotatable bonds is 6. The van der Waals surface area contributed by atoms with Crippen molar-refractivity contribution in [1.29, 1.82) is 0 Å². The number of nitrogens with one attached hydrogen (secondary N) is 1. The molecule has 2 aliphatic heterocycles. The second kappa shape index (κ2) is 8.83. The number of carbonyl (C=O) groups excluding carboxylic acids is 1. The number of anilines is 2. The van der Waals surface area contributed by atoms with Gasteiger partial charge in [-0.2, -0.15) is 0 Å². The summed E-state index contributed by atoms with van der Waals surface area (Å²) in [6, 6.07) is 13.8. The van der Waals surface area contributed by atoms with Crippen LogP contribution in [-0.2, 0) is 6.54 Å². The number of nitrogens with zero attached hydrogens (tertiary/aromatic N) is 4. The minimum Gasteiger partial charge on any atom is -0.454 e. The number of pyridine rings is 1. The summed E-state index contributed by atoms with van der Waals surface area (Å²) in [6.45, 7) is 1.82. The van der Waals surface area contributed by atoms with E-state index in [1.54, 1.807) is 12.4 Å². The maximum atomic E-state index is 13.0. The van der Waals surface area contributed by atoms with Gasteiger partial charge < -0.3 is 18.9 Å². The van der Waals surface area contributed by atoms with Gasteiger partial charge in [-0.15, -0.1) is 11.3 Å². The monoisotopic (exact) mass is 473 g/mol. The normalized spacial score (nSPS) is 16.7. The van der Waals surface area contributed by atoms with Crippen LogP contribution in [0.2, 0.25) is 0 Å². The first-order chi connectivity index (χ1) is 16.7. The van der Waals surface area contributed by atoms with Crippen LogP contribution < -0.4 is 19.7 Å². The van der Waals surface area contributed by atoms with Crippen molar-refractivity contribution in [2.75, 3.05) is 23.6 Å². The Morgan fingerprint density at radius 2 is 2.03 bits per heavy atom. The summed E-state index contributed by atoms with van der Waals surface area (Å²) in [7, 11) is 0. The van der Waals surface area contributed by atoms with E-state index in [0.29, 0.717) is 17.4 Å². The average Bonchev–Trinajstić information content (AvgIpc) is 3.65. The van der Waals surface area contributed by atoms with Crippen LogP contribution in [0.1, 0.15) is 40.6 Å². The third kappa shape index (κ3) is 3.99. The van der Waals surface area contributed by atoms with E-state index in [1.807, 2.05) is 52.5 Å². The Labute approximate surface area is 200 Å². The molecule has 2 aliphatic rings. The number of amides is 1. The molecule has 0 saturated carbocycles. The van der Waals surface area contributed by atoms with Gasteiger partial charge in [0.05, 0.1) is 11.7 Å². The minimum atomic E-state index is -0.168. The fraction of sp³-hybridized carbons (Fsp3) is 0.240. The van der Waals surface area contributed by atoms with Gasteiger partial charge in [-0.05, 0) is 54.8 Å².